The van der Waals surface area contributed by atoms with Gasteiger partial charge in [0.15, 0.2) is 0 Å². The molecule has 0 saturated heterocycles. The van der Waals surface area contributed by atoms with Gasteiger partial charge in [0.05, 0.1) is 13.2 Å². The van der Waals surface area contributed by atoms with Gasteiger partial charge in [-0.15, -0.1) is 0 Å². The zero-order valence-electron chi connectivity index (χ0n) is 14.6. The van der Waals surface area contributed by atoms with Crippen LogP contribution in [0.5, 0.6) is 0 Å². The Labute approximate surface area is 141 Å². The smallest absolute Gasteiger partial charge is 0.434 e. The van der Waals surface area contributed by atoms with Crippen molar-refractivity contribution in [1.82, 2.24) is 0 Å². The van der Waals surface area contributed by atoms with Crippen LogP contribution in [0.25, 0.3) is 0 Å². The Morgan fingerprint density at radius 2 is 1.35 bits per heavy atom. The van der Waals surface area contributed by atoms with Gasteiger partial charge in [0.2, 0.25) is 0 Å². The highest BCUT2D eigenvalue weighted by Crippen LogP contribution is 2.08. The molecule has 3 heteroatoms. The second kappa shape index (κ2) is 14.1. The second-order valence-corrected chi connectivity index (χ2v) is 6.01. The van der Waals surface area contributed by atoms with Crippen molar-refractivity contribution in [2.24, 2.45) is 0 Å². The minimum Gasteiger partial charge on any atom is -0.434 e. The van der Waals surface area contributed by atoms with Gasteiger partial charge in [-0.1, -0.05) is 75.8 Å². The molecule has 1 rings (SSSR count). The largest absolute Gasteiger partial charge is 0.508 e. The van der Waals surface area contributed by atoms with Crippen molar-refractivity contribution in [1.29, 1.82) is 0 Å². The summed E-state index contributed by atoms with van der Waals surface area (Å²) in [5.41, 5.74) is 1.39. The molecule has 130 valence electrons. The normalized spacial score (nSPS) is 10.5. The number of carbonyl (C=O) groups is 1. The van der Waals surface area contributed by atoms with Crippen LogP contribution in [0.1, 0.15) is 70.3 Å². The topological polar surface area (TPSA) is 35.5 Å². The summed E-state index contributed by atoms with van der Waals surface area (Å²) < 4.78 is 10.1. The van der Waals surface area contributed by atoms with E-state index in [0.29, 0.717) is 13.2 Å². The summed E-state index contributed by atoms with van der Waals surface area (Å²) in [6, 6.07) is 10.5. The summed E-state index contributed by atoms with van der Waals surface area (Å²) in [4.78, 5) is 11.4. The van der Waals surface area contributed by atoms with E-state index in [4.69, 9.17) is 9.47 Å². The minimum atomic E-state index is -0.509. The van der Waals surface area contributed by atoms with E-state index in [0.717, 1.165) is 32.1 Å². The SMILES string of the molecule is CCCCCCCOC(=O)OCCCCCCc1ccccc1. The van der Waals surface area contributed by atoms with Crippen molar-refractivity contribution >= 4 is 6.16 Å². The van der Waals surface area contributed by atoms with E-state index in [1.807, 2.05) is 6.07 Å². The number of aryl methyl sites for hydroxylation is 1. The average Bonchev–Trinajstić information content (AvgIpc) is 2.58. The van der Waals surface area contributed by atoms with Crippen LogP contribution in [-0.2, 0) is 15.9 Å². The van der Waals surface area contributed by atoms with Crippen LogP contribution < -0.4 is 0 Å². The Balaban J connectivity index is 1.84. The van der Waals surface area contributed by atoms with Gasteiger partial charge in [-0.3, -0.25) is 0 Å². The maximum Gasteiger partial charge on any atom is 0.508 e. The maximum absolute atomic E-state index is 11.4. The third kappa shape index (κ3) is 11.7. The first kappa shape index (κ1) is 19.5. The third-order valence-corrected chi connectivity index (χ3v) is 3.89. The Hall–Kier alpha value is -1.51. The first-order valence-electron chi connectivity index (χ1n) is 9.16. The van der Waals surface area contributed by atoms with Crippen LogP contribution in [-0.4, -0.2) is 19.4 Å². The molecule has 0 N–H and O–H groups in total. The van der Waals surface area contributed by atoms with Crippen molar-refractivity contribution in [2.75, 3.05) is 13.2 Å². The van der Waals surface area contributed by atoms with Crippen molar-refractivity contribution in [2.45, 2.75) is 71.1 Å². The zero-order valence-corrected chi connectivity index (χ0v) is 14.6. The molecule has 0 saturated carbocycles. The van der Waals surface area contributed by atoms with E-state index < -0.39 is 6.16 Å². The van der Waals surface area contributed by atoms with Gasteiger partial charge in [-0.2, -0.15) is 0 Å². The van der Waals surface area contributed by atoms with E-state index in [1.165, 1.54) is 37.7 Å². The summed E-state index contributed by atoms with van der Waals surface area (Å²) in [6.07, 6.45) is 10.8. The molecule has 1 aromatic carbocycles. The molecule has 0 amide bonds. The zero-order chi connectivity index (χ0) is 16.6. The van der Waals surface area contributed by atoms with E-state index in [1.54, 1.807) is 0 Å². The van der Waals surface area contributed by atoms with Crippen molar-refractivity contribution in [3.8, 4) is 0 Å². The molecule has 0 aliphatic carbocycles. The fourth-order valence-electron chi connectivity index (χ4n) is 2.49. The number of hydrogen-bond acceptors (Lipinski definition) is 3. The van der Waals surface area contributed by atoms with Gasteiger partial charge in [-0.25, -0.2) is 4.79 Å². The molecular formula is C20H32O3. The van der Waals surface area contributed by atoms with Gasteiger partial charge in [0, 0.05) is 0 Å². The monoisotopic (exact) mass is 320 g/mol. The molecule has 0 atom stereocenters. The number of ether oxygens (including phenoxy) is 2. The van der Waals surface area contributed by atoms with Crippen LogP contribution in [0.15, 0.2) is 30.3 Å². The maximum atomic E-state index is 11.4. The molecule has 0 radical (unpaired) electrons. The summed E-state index contributed by atoms with van der Waals surface area (Å²) in [6.45, 7) is 3.15. The van der Waals surface area contributed by atoms with E-state index in [-0.39, 0.29) is 0 Å². The van der Waals surface area contributed by atoms with Gasteiger partial charge in [0.1, 0.15) is 0 Å². The van der Waals surface area contributed by atoms with E-state index in [2.05, 4.69) is 31.2 Å². The Bertz CT molecular complexity index is 389. The first-order valence-corrected chi connectivity index (χ1v) is 9.16. The summed E-state index contributed by atoms with van der Waals surface area (Å²) in [5, 5.41) is 0. The van der Waals surface area contributed by atoms with Crippen molar-refractivity contribution in [3.63, 3.8) is 0 Å². The van der Waals surface area contributed by atoms with Crippen molar-refractivity contribution in [3.05, 3.63) is 35.9 Å². The van der Waals surface area contributed by atoms with E-state index in [9.17, 15) is 4.79 Å². The minimum absolute atomic E-state index is 0.472. The Kier molecular flexibility index (Phi) is 12.0. The molecule has 0 aliphatic heterocycles. The fourth-order valence-corrected chi connectivity index (χ4v) is 2.49. The second-order valence-electron chi connectivity index (χ2n) is 6.01. The molecule has 23 heavy (non-hydrogen) atoms. The molecule has 3 nitrogen and oxygen atoms in total. The van der Waals surface area contributed by atoms with Crippen LogP contribution in [0.3, 0.4) is 0 Å². The summed E-state index contributed by atoms with van der Waals surface area (Å²) >= 11 is 0. The molecular weight excluding hydrogens is 288 g/mol. The van der Waals surface area contributed by atoms with Gasteiger partial charge >= 0.3 is 6.16 Å². The standard InChI is InChI=1S/C20H32O3/c1-2-3-4-6-12-17-22-20(21)23-18-13-7-5-9-14-19-15-10-8-11-16-19/h8,10-11,15-16H,2-7,9,12-14,17-18H2,1H3. The number of benzene rings is 1. The molecule has 0 fully saturated rings. The third-order valence-electron chi connectivity index (χ3n) is 3.89. The van der Waals surface area contributed by atoms with Crippen LogP contribution in [0.2, 0.25) is 0 Å². The Morgan fingerprint density at radius 3 is 1.96 bits per heavy atom. The van der Waals surface area contributed by atoms with Crippen LogP contribution in [0.4, 0.5) is 4.79 Å². The number of unbranched alkanes of at least 4 members (excludes halogenated alkanes) is 7. The molecule has 0 aliphatic rings. The molecule has 0 aromatic heterocycles. The highest BCUT2D eigenvalue weighted by atomic mass is 16.7. The Morgan fingerprint density at radius 1 is 0.783 bits per heavy atom. The van der Waals surface area contributed by atoms with E-state index >= 15 is 0 Å². The molecule has 0 unspecified atom stereocenters. The molecule has 0 spiro atoms. The predicted molar refractivity (Wildman–Crippen MR) is 94.7 cm³/mol. The van der Waals surface area contributed by atoms with Gasteiger partial charge < -0.3 is 9.47 Å². The van der Waals surface area contributed by atoms with Crippen LogP contribution >= 0.6 is 0 Å². The van der Waals surface area contributed by atoms with Crippen LogP contribution in [0, 0.1) is 0 Å². The fraction of sp³-hybridized carbons (Fsp3) is 0.650. The molecule has 0 heterocycles. The lowest BCUT2D eigenvalue weighted by atomic mass is 10.1. The first-order chi connectivity index (χ1) is 11.3. The number of carbonyl (C=O) groups excluding carboxylic acids is 1. The lowest BCUT2D eigenvalue weighted by Gasteiger charge is -2.06. The predicted octanol–water partition coefficient (Wildman–Crippen LogP) is 5.91. The highest BCUT2D eigenvalue weighted by Gasteiger charge is 2.03. The molecule has 0 bridgehead atoms. The van der Waals surface area contributed by atoms with Crippen molar-refractivity contribution < 1.29 is 14.3 Å². The lowest BCUT2D eigenvalue weighted by Crippen LogP contribution is -2.09. The number of rotatable bonds is 13. The summed E-state index contributed by atoms with van der Waals surface area (Å²) in [5.74, 6) is 0. The highest BCUT2D eigenvalue weighted by molar-refractivity contribution is 5.59. The summed E-state index contributed by atoms with van der Waals surface area (Å²) in [7, 11) is 0. The van der Waals surface area contributed by atoms with Gasteiger partial charge in [0.25, 0.3) is 0 Å². The quantitative estimate of drug-likeness (QED) is 0.334. The molecule has 1 aromatic rings. The lowest BCUT2D eigenvalue weighted by molar-refractivity contribution is 0.0529. The van der Waals surface area contributed by atoms with Gasteiger partial charge in [-0.05, 0) is 31.2 Å². The average molecular weight is 320 g/mol. The number of hydrogen-bond donors (Lipinski definition) is 0.